The zero-order chi connectivity index (χ0) is 20.0. The van der Waals surface area contributed by atoms with Crippen LogP contribution in [-0.4, -0.2) is 31.5 Å². The largest absolute Gasteiger partial charge is 0.407 e. The Morgan fingerprint density at radius 1 is 0.893 bits per heavy atom. The Labute approximate surface area is 168 Å². The van der Waals surface area contributed by atoms with Crippen LogP contribution in [0.15, 0.2) is 54.6 Å². The van der Waals surface area contributed by atoms with Crippen LogP contribution < -0.4 is 0 Å². The highest BCUT2D eigenvalue weighted by molar-refractivity contribution is 7.51. The molecular formula is C23H28NO3P. The zero-order valence-corrected chi connectivity index (χ0v) is 17.7. The lowest BCUT2D eigenvalue weighted by Gasteiger charge is -2.25. The number of rotatable bonds is 8. The molecule has 0 unspecified atom stereocenters. The van der Waals surface area contributed by atoms with Crippen LogP contribution in [0, 0.1) is 0 Å². The van der Waals surface area contributed by atoms with Crippen LogP contribution in [-0.2, 0) is 13.6 Å². The van der Waals surface area contributed by atoms with Crippen LogP contribution in [0.5, 0.6) is 0 Å². The van der Waals surface area contributed by atoms with Crippen molar-refractivity contribution in [2.24, 2.45) is 0 Å². The molecule has 0 aliphatic heterocycles. The molecule has 0 saturated carbocycles. The normalized spacial score (nSPS) is 13.2. The van der Waals surface area contributed by atoms with Crippen LogP contribution >= 0.6 is 7.75 Å². The maximum Gasteiger partial charge on any atom is 0.407 e. The van der Waals surface area contributed by atoms with Gasteiger partial charge in [-0.05, 0) is 55.1 Å². The maximum atomic E-state index is 12.9. The summed E-state index contributed by atoms with van der Waals surface area (Å²) in [5.41, 5.74) is 6.03. The van der Waals surface area contributed by atoms with E-state index in [-0.39, 0.29) is 0 Å². The molecule has 0 atom stereocenters. The summed E-state index contributed by atoms with van der Waals surface area (Å²) in [7, 11) is -1.44. The average Bonchev–Trinajstić information content (AvgIpc) is 2.86. The third-order valence-electron chi connectivity index (χ3n) is 4.75. The molecule has 0 aromatic heterocycles. The minimum absolute atomic E-state index is 0.356. The highest BCUT2D eigenvalue weighted by Crippen LogP contribution is 2.50. The molecule has 148 valence electrons. The number of fused-ring (bicyclic) bond motifs is 2. The van der Waals surface area contributed by atoms with Gasteiger partial charge in [-0.2, -0.15) is 0 Å². The first kappa shape index (κ1) is 20.8. The van der Waals surface area contributed by atoms with Crippen molar-refractivity contribution in [3.05, 3.63) is 76.9 Å². The first-order chi connectivity index (χ1) is 13.6. The Hall–Kier alpha value is -1.97. The molecule has 2 aromatic rings. The summed E-state index contributed by atoms with van der Waals surface area (Å²) in [5.74, 6) is 0. The topological polar surface area (TPSA) is 38.8 Å². The van der Waals surface area contributed by atoms with Crippen molar-refractivity contribution in [1.29, 1.82) is 0 Å². The van der Waals surface area contributed by atoms with Gasteiger partial charge < -0.3 is 0 Å². The fourth-order valence-corrected chi connectivity index (χ4v) is 4.88. The van der Waals surface area contributed by atoms with E-state index in [0.717, 1.165) is 6.42 Å². The molecule has 5 heteroatoms. The van der Waals surface area contributed by atoms with E-state index in [4.69, 9.17) is 9.05 Å². The Bertz CT molecular complexity index is 858. The number of hydrogen-bond acceptors (Lipinski definition) is 3. The smallest absolute Gasteiger partial charge is 0.297 e. The highest BCUT2D eigenvalue weighted by atomic mass is 31.2. The molecule has 0 fully saturated rings. The Morgan fingerprint density at radius 3 is 1.89 bits per heavy atom. The van der Waals surface area contributed by atoms with Crippen molar-refractivity contribution in [2.45, 2.75) is 20.3 Å². The highest BCUT2D eigenvalue weighted by Gasteiger charge is 2.29. The molecule has 2 aromatic carbocycles. The predicted octanol–water partition coefficient (Wildman–Crippen LogP) is 6.11. The third kappa shape index (κ3) is 4.53. The molecule has 0 N–H and O–H groups in total. The molecule has 0 radical (unpaired) electrons. The van der Waals surface area contributed by atoms with Crippen molar-refractivity contribution < 1.29 is 13.6 Å². The lowest BCUT2D eigenvalue weighted by molar-refractivity contribution is 0.177. The van der Waals surface area contributed by atoms with E-state index < -0.39 is 7.75 Å². The van der Waals surface area contributed by atoms with Crippen molar-refractivity contribution in [2.75, 3.05) is 26.8 Å². The molecule has 0 amide bonds. The molecule has 1 aliphatic carbocycles. The van der Waals surface area contributed by atoms with Gasteiger partial charge in [0.2, 0.25) is 0 Å². The zero-order valence-electron chi connectivity index (χ0n) is 16.8. The van der Waals surface area contributed by atoms with E-state index in [1.54, 1.807) is 11.7 Å². The summed E-state index contributed by atoms with van der Waals surface area (Å²) < 4.78 is 25.5. The first-order valence-corrected chi connectivity index (χ1v) is 11.3. The monoisotopic (exact) mass is 397 g/mol. The minimum atomic E-state index is -3.23. The van der Waals surface area contributed by atoms with Gasteiger partial charge in [-0.1, -0.05) is 66.8 Å². The van der Waals surface area contributed by atoms with Crippen LogP contribution in [0.2, 0.25) is 0 Å². The second kappa shape index (κ2) is 9.49. The summed E-state index contributed by atoms with van der Waals surface area (Å²) in [4.78, 5) is 0. The lowest BCUT2D eigenvalue weighted by Crippen LogP contribution is -2.19. The summed E-state index contributed by atoms with van der Waals surface area (Å²) in [6, 6.07) is 16.8. The van der Waals surface area contributed by atoms with Gasteiger partial charge in [0.25, 0.3) is 0 Å². The molecule has 28 heavy (non-hydrogen) atoms. The Kier molecular flexibility index (Phi) is 7.03. The van der Waals surface area contributed by atoms with Crippen molar-refractivity contribution in [3.8, 4) is 0 Å². The summed E-state index contributed by atoms with van der Waals surface area (Å²) in [6.45, 7) is 4.95. The van der Waals surface area contributed by atoms with Crippen molar-refractivity contribution >= 4 is 25.5 Å². The molecular weight excluding hydrogens is 369 g/mol. The van der Waals surface area contributed by atoms with Crippen LogP contribution in [0.1, 0.15) is 42.5 Å². The van der Waals surface area contributed by atoms with Gasteiger partial charge in [-0.15, -0.1) is 0 Å². The van der Waals surface area contributed by atoms with Gasteiger partial charge in [0.05, 0.1) is 13.2 Å². The quantitative estimate of drug-likeness (QED) is 0.430. The van der Waals surface area contributed by atoms with Crippen LogP contribution in [0.25, 0.3) is 17.7 Å². The molecule has 1 aliphatic rings. The van der Waals surface area contributed by atoms with Gasteiger partial charge in [0, 0.05) is 6.54 Å². The van der Waals surface area contributed by atoms with E-state index in [1.165, 1.54) is 27.8 Å². The Morgan fingerprint density at radius 2 is 1.39 bits per heavy atom. The number of nitrogens with zero attached hydrogens (tertiary/aromatic N) is 1. The fraction of sp³-hybridized carbons (Fsp3) is 0.304. The first-order valence-electron chi connectivity index (χ1n) is 9.77. The Balaban J connectivity index is 1.87. The molecule has 0 bridgehead atoms. The standard InChI is InChI=1S/C23H28NO3P/c1-4-26-28(25,27-5-2)24(3)18-10-15-23-21-13-8-6-11-19(21)16-17-20-12-7-9-14-22(20)23/h6-9,11-17H,4-5,10,18H2,1-3H3. The van der Waals surface area contributed by atoms with Gasteiger partial charge in [-0.3, -0.25) is 9.05 Å². The second-order valence-electron chi connectivity index (χ2n) is 6.60. The number of benzene rings is 2. The SMILES string of the molecule is CCOP(=O)(OCC)N(C)CCC=C1c2ccccc2C=Cc2ccccc21. The fourth-order valence-electron chi connectivity index (χ4n) is 3.40. The summed E-state index contributed by atoms with van der Waals surface area (Å²) in [6.07, 6.45) is 7.29. The van der Waals surface area contributed by atoms with Crippen molar-refractivity contribution in [3.63, 3.8) is 0 Å². The van der Waals surface area contributed by atoms with Gasteiger partial charge in [-0.25, -0.2) is 9.24 Å². The van der Waals surface area contributed by atoms with E-state index in [9.17, 15) is 4.57 Å². The average molecular weight is 397 g/mol. The molecule has 4 nitrogen and oxygen atoms in total. The van der Waals surface area contributed by atoms with Gasteiger partial charge in [0.15, 0.2) is 0 Å². The van der Waals surface area contributed by atoms with E-state index >= 15 is 0 Å². The number of hydrogen-bond donors (Lipinski definition) is 0. The van der Waals surface area contributed by atoms with Crippen LogP contribution in [0.4, 0.5) is 0 Å². The molecule has 0 heterocycles. The molecule has 0 saturated heterocycles. The lowest BCUT2D eigenvalue weighted by atomic mass is 9.93. The molecule has 3 rings (SSSR count). The third-order valence-corrected chi connectivity index (χ3v) is 6.95. The van der Waals surface area contributed by atoms with Crippen LogP contribution in [0.3, 0.4) is 0 Å². The second-order valence-corrected chi connectivity index (χ2v) is 8.74. The summed E-state index contributed by atoms with van der Waals surface area (Å²) >= 11 is 0. The minimum Gasteiger partial charge on any atom is -0.297 e. The van der Waals surface area contributed by atoms with Gasteiger partial charge in [0.1, 0.15) is 0 Å². The summed E-state index contributed by atoms with van der Waals surface area (Å²) in [5, 5.41) is 0. The maximum absolute atomic E-state index is 12.9. The van der Waals surface area contributed by atoms with E-state index in [0.29, 0.717) is 19.8 Å². The van der Waals surface area contributed by atoms with E-state index in [1.807, 2.05) is 13.8 Å². The van der Waals surface area contributed by atoms with Crippen molar-refractivity contribution in [1.82, 2.24) is 4.67 Å². The van der Waals surface area contributed by atoms with Gasteiger partial charge >= 0.3 is 7.75 Å². The van der Waals surface area contributed by atoms with E-state index in [2.05, 4.69) is 66.8 Å². The molecule has 0 spiro atoms. The predicted molar refractivity (Wildman–Crippen MR) is 117 cm³/mol.